The van der Waals surface area contributed by atoms with Crippen molar-refractivity contribution in [2.75, 3.05) is 32.2 Å². The van der Waals surface area contributed by atoms with Gasteiger partial charge in [-0.3, -0.25) is 0 Å². The van der Waals surface area contributed by atoms with Crippen LogP contribution in [-0.2, 0) is 23.8 Å². The molecular weight excluding hydrogens is 240 g/mol. The van der Waals surface area contributed by atoms with Crippen molar-refractivity contribution < 1.29 is 34.0 Å². The van der Waals surface area contributed by atoms with Gasteiger partial charge in [-0.05, 0) is 0 Å². The Hall–Kier alpha value is -0.830. The van der Waals surface area contributed by atoms with Gasteiger partial charge < -0.3 is 24.4 Å². The highest BCUT2D eigenvalue weighted by Gasteiger charge is 2.15. The molecule has 0 spiro atoms. The van der Waals surface area contributed by atoms with E-state index in [0.29, 0.717) is 12.4 Å². The molecule has 0 saturated heterocycles. The molecule has 0 amide bonds. The van der Waals surface area contributed by atoms with Crippen LogP contribution in [0.5, 0.6) is 0 Å². The van der Waals surface area contributed by atoms with Crippen LogP contribution in [0.3, 0.4) is 0 Å². The number of ether oxygens (including phenoxy) is 3. The van der Waals surface area contributed by atoms with Crippen molar-refractivity contribution in [1.29, 1.82) is 0 Å². The lowest BCUT2D eigenvalue weighted by Gasteiger charge is -2.11. The number of carboxylic acids is 1. The Morgan fingerprint density at radius 3 is 2.50 bits per heavy atom. The average molecular weight is 254 g/mol. The minimum Gasteiger partial charge on any atom is -0.473 e. The average Bonchev–Trinajstić information content (AvgIpc) is 2.25. The van der Waals surface area contributed by atoms with Gasteiger partial charge in [0, 0.05) is 5.75 Å². The van der Waals surface area contributed by atoms with Crippen molar-refractivity contribution in [3.63, 3.8) is 0 Å². The molecule has 0 aliphatic carbocycles. The number of aliphatic carboxylic acids is 1. The minimum atomic E-state index is -1.72. The van der Waals surface area contributed by atoms with Crippen LogP contribution in [-0.4, -0.2) is 60.6 Å². The smallest absolute Gasteiger partial charge is 0.417 e. The quantitative estimate of drug-likeness (QED) is 0.166. The number of hydrogen-bond acceptors (Lipinski definition) is 7. The summed E-state index contributed by atoms with van der Waals surface area (Å²) in [5.41, 5.74) is 0. The number of rotatable bonds is 8. The lowest BCUT2D eigenvalue weighted by atomic mass is 10.6. The Kier molecular flexibility index (Phi) is 8.91. The van der Waals surface area contributed by atoms with Gasteiger partial charge in [0.25, 0.3) is 0 Å². The van der Waals surface area contributed by atoms with Gasteiger partial charge in [0.1, 0.15) is 6.61 Å². The highest BCUT2D eigenvalue weighted by Crippen LogP contribution is 1.90. The van der Waals surface area contributed by atoms with E-state index in [0.717, 1.165) is 0 Å². The van der Waals surface area contributed by atoms with E-state index in [2.05, 4.69) is 17.4 Å². The first kappa shape index (κ1) is 15.2. The highest BCUT2D eigenvalue weighted by molar-refractivity contribution is 7.80. The monoisotopic (exact) mass is 254 g/mol. The molecule has 1 atom stereocenters. The Bertz CT molecular complexity index is 220. The van der Waals surface area contributed by atoms with Gasteiger partial charge in [-0.2, -0.15) is 12.6 Å². The number of hydrogen-bond donors (Lipinski definition) is 3. The van der Waals surface area contributed by atoms with E-state index in [1.165, 1.54) is 0 Å². The van der Waals surface area contributed by atoms with Crippen molar-refractivity contribution in [3.8, 4) is 0 Å². The third-order valence-corrected chi connectivity index (χ3v) is 1.49. The van der Waals surface area contributed by atoms with E-state index in [9.17, 15) is 9.59 Å². The van der Waals surface area contributed by atoms with E-state index in [4.69, 9.17) is 19.7 Å². The first-order chi connectivity index (χ1) is 7.57. The number of aliphatic hydroxyl groups excluding tert-OH is 1. The summed E-state index contributed by atoms with van der Waals surface area (Å²) in [5, 5.41) is 17.2. The Morgan fingerprint density at radius 1 is 1.25 bits per heavy atom. The van der Waals surface area contributed by atoms with Gasteiger partial charge in [0.05, 0.1) is 19.8 Å². The van der Waals surface area contributed by atoms with Gasteiger partial charge in [0.15, 0.2) is 6.29 Å². The molecule has 0 bridgehead atoms. The third-order valence-electron chi connectivity index (χ3n) is 1.31. The molecule has 0 aromatic heterocycles. The molecule has 0 aromatic carbocycles. The second-order valence-electron chi connectivity index (χ2n) is 2.57. The maximum absolute atomic E-state index is 10.4. The van der Waals surface area contributed by atoms with Crippen LogP contribution in [0.15, 0.2) is 0 Å². The van der Waals surface area contributed by atoms with E-state index in [1.807, 2.05) is 0 Å². The Morgan fingerprint density at radius 2 is 1.94 bits per heavy atom. The second kappa shape index (κ2) is 9.40. The molecule has 0 aliphatic rings. The number of carbonyl (C=O) groups excluding carboxylic acids is 1. The fourth-order valence-corrected chi connectivity index (χ4v) is 0.796. The van der Waals surface area contributed by atoms with Gasteiger partial charge >= 0.3 is 11.9 Å². The van der Waals surface area contributed by atoms with Crippen LogP contribution in [0.25, 0.3) is 0 Å². The van der Waals surface area contributed by atoms with Crippen molar-refractivity contribution in [2.45, 2.75) is 6.29 Å². The molecule has 0 saturated carbocycles. The van der Waals surface area contributed by atoms with Crippen LogP contribution in [0.2, 0.25) is 0 Å². The van der Waals surface area contributed by atoms with Crippen LogP contribution in [0.4, 0.5) is 0 Å². The van der Waals surface area contributed by atoms with E-state index in [1.54, 1.807) is 0 Å². The molecule has 7 nitrogen and oxygen atoms in total. The van der Waals surface area contributed by atoms with Gasteiger partial charge in [-0.25, -0.2) is 9.59 Å². The fourth-order valence-electron chi connectivity index (χ4n) is 0.667. The topological polar surface area (TPSA) is 102 Å². The van der Waals surface area contributed by atoms with Crippen molar-refractivity contribution >= 4 is 24.6 Å². The normalized spacial score (nSPS) is 12.1. The molecule has 0 fully saturated rings. The van der Waals surface area contributed by atoms with Gasteiger partial charge in [-0.15, -0.1) is 0 Å². The Labute approximate surface area is 97.7 Å². The number of carbonyl (C=O) groups is 2. The summed E-state index contributed by atoms with van der Waals surface area (Å²) in [4.78, 5) is 20.5. The van der Waals surface area contributed by atoms with Gasteiger partial charge in [-0.1, -0.05) is 0 Å². The van der Waals surface area contributed by atoms with Crippen LogP contribution >= 0.6 is 12.6 Å². The maximum Gasteiger partial charge on any atom is 0.417 e. The van der Waals surface area contributed by atoms with Crippen LogP contribution in [0, 0.1) is 0 Å². The minimum absolute atomic E-state index is 0.111. The fraction of sp³-hybridized carbons (Fsp3) is 0.750. The van der Waals surface area contributed by atoms with E-state index < -0.39 is 24.8 Å². The predicted octanol–water partition coefficient (Wildman–Crippen LogP) is -1.10. The lowest BCUT2D eigenvalue weighted by molar-refractivity contribution is -0.177. The van der Waals surface area contributed by atoms with Crippen LogP contribution in [0.1, 0.15) is 0 Å². The molecule has 8 heteroatoms. The lowest BCUT2D eigenvalue weighted by Crippen LogP contribution is -2.26. The van der Waals surface area contributed by atoms with Gasteiger partial charge in [0.2, 0.25) is 0 Å². The molecule has 2 N–H and O–H groups in total. The highest BCUT2D eigenvalue weighted by atomic mass is 32.1. The molecule has 0 rings (SSSR count). The molecule has 0 radical (unpaired) electrons. The zero-order chi connectivity index (χ0) is 12.4. The number of aliphatic hydroxyl groups is 1. The first-order valence-corrected chi connectivity index (χ1v) is 5.09. The number of carboxylic acid groups (broad SMARTS) is 1. The van der Waals surface area contributed by atoms with Crippen molar-refractivity contribution in [3.05, 3.63) is 0 Å². The van der Waals surface area contributed by atoms with E-state index >= 15 is 0 Å². The molecule has 16 heavy (non-hydrogen) atoms. The van der Waals surface area contributed by atoms with Crippen LogP contribution < -0.4 is 0 Å². The summed E-state index contributed by atoms with van der Waals surface area (Å²) in [6, 6.07) is 0. The molecule has 1 unspecified atom stereocenters. The predicted molar refractivity (Wildman–Crippen MR) is 55.2 cm³/mol. The third kappa shape index (κ3) is 8.48. The summed E-state index contributed by atoms with van der Waals surface area (Å²) in [6.45, 7) is 0.318. The summed E-state index contributed by atoms with van der Waals surface area (Å²) in [7, 11) is 0. The Balaban J connectivity index is 3.41. The zero-order valence-electron chi connectivity index (χ0n) is 8.50. The zero-order valence-corrected chi connectivity index (χ0v) is 9.39. The molecular formula is C8H14O7S. The summed E-state index contributed by atoms with van der Waals surface area (Å²) >= 11 is 3.91. The molecule has 0 heterocycles. The number of thiol groups is 1. The summed E-state index contributed by atoms with van der Waals surface area (Å²) in [6.07, 6.45) is -1.36. The molecule has 0 aliphatic heterocycles. The molecule has 0 aromatic rings. The van der Waals surface area contributed by atoms with E-state index in [-0.39, 0.29) is 13.2 Å². The van der Waals surface area contributed by atoms with Crippen molar-refractivity contribution in [2.24, 2.45) is 0 Å². The SMILES string of the molecule is O=C(O)C(=O)OCC(O)OCCOCCS. The standard InChI is InChI=1S/C8H14O7S/c9-6(5-15-8(12)7(10)11)14-2-1-13-3-4-16/h6,9,16H,1-5H2,(H,10,11). The summed E-state index contributed by atoms with van der Waals surface area (Å²) in [5.74, 6) is -2.57. The number of esters is 1. The maximum atomic E-state index is 10.4. The van der Waals surface area contributed by atoms with Crippen molar-refractivity contribution in [1.82, 2.24) is 0 Å². The first-order valence-electron chi connectivity index (χ1n) is 4.46. The molecule has 94 valence electrons. The summed E-state index contributed by atoms with van der Waals surface area (Å²) < 4.78 is 13.9. The second-order valence-corrected chi connectivity index (χ2v) is 3.01. The largest absolute Gasteiger partial charge is 0.473 e.